The number of benzene rings is 1. The standard InChI is InChI=1S/C11H9BrClFO2/c12-7-5-9(14)6(4-8(7)13)11(15)10-2-1-3-16-10/h4-5,10H,1-3H2. The Labute approximate surface area is 106 Å². The predicted octanol–water partition coefficient (Wildman–Crippen LogP) is 3.60. The fraction of sp³-hybridized carbons (Fsp3) is 0.364. The first-order valence-electron chi connectivity index (χ1n) is 4.90. The van der Waals surface area contributed by atoms with Gasteiger partial charge in [0.2, 0.25) is 0 Å². The van der Waals surface area contributed by atoms with Gasteiger partial charge in [0.15, 0.2) is 5.78 Å². The third kappa shape index (κ3) is 2.29. The van der Waals surface area contributed by atoms with Gasteiger partial charge in [-0.15, -0.1) is 0 Å². The van der Waals surface area contributed by atoms with Gasteiger partial charge >= 0.3 is 0 Å². The van der Waals surface area contributed by atoms with Crippen LogP contribution in [-0.2, 0) is 4.74 Å². The molecule has 1 aliphatic rings. The predicted molar refractivity (Wildman–Crippen MR) is 62.4 cm³/mol. The van der Waals surface area contributed by atoms with Crippen LogP contribution in [0.3, 0.4) is 0 Å². The minimum atomic E-state index is -0.572. The zero-order valence-electron chi connectivity index (χ0n) is 8.30. The maximum atomic E-state index is 13.6. The highest BCUT2D eigenvalue weighted by atomic mass is 79.9. The Morgan fingerprint density at radius 2 is 2.31 bits per heavy atom. The number of carbonyl (C=O) groups excluding carboxylic acids is 1. The van der Waals surface area contributed by atoms with Crippen LogP contribution in [0.2, 0.25) is 5.02 Å². The Morgan fingerprint density at radius 1 is 1.56 bits per heavy atom. The molecule has 0 amide bonds. The quantitative estimate of drug-likeness (QED) is 0.616. The summed E-state index contributed by atoms with van der Waals surface area (Å²) in [6.45, 7) is 0.558. The van der Waals surface area contributed by atoms with E-state index in [-0.39, 0.29) is 11.3 Å². The average molecular weight is 308 g/mol. The largest absolute Gasteiger partial charge is 0.370 e. The van der Waals surface area contributed by atoms with Gasteiger partial charge in [-0.1, -0.05) is 11.6 Å². The van der Waals surface area contributed by atoms with E-state index >= 15 is 0 Å². The first kappa shape index (κ1) is 12.0. The lowest BCUT2D eigenvalue weighted by Crippen LogP contribution is -2.20. The molecular weight excluding hydrogens is 298 g/mol. The summed E-state index contributed by atoms with van der Waals surface area (Å²) in [5.41, 5.74) is 0.0000926. The molecule has 5 heteroatoms. The molecule has 1 saturated heterocycles. The molecule has 2 rings (SSSR count). The normalized spacial score (nSPS) is 20.1. The van der Waals surface area contributed by atoms with Gasteiger partial charge in [0.05, 0.1) is 10.6 Å². The summed E-state index contributed by atoms with van der Waals surface area (Å²) in [6.07, 6.45) is 0.959. The van der Waals surface area contributed by atoms with E-state index in [1.54, 1.807) is 0 Å². The van der Waals surface area contributed by atoms with E-state index in [9.17, 15) is 9.18 Å². The number of carbonyl (C=O) groups is 1. The van der Waals surface area contributed by atoms with E-state index in [1.165, 1.54) is 12.1 Å². The summed E-state index contributed by atoms with van der Waals surface area (Å²) in [5, 5.41) is 0.322. The molecule has 0 bridgehead atoms. The Balaban J connectivity index is 2.32. The van der Waals surface area contributed by atoms with Gasteiger partial charge < -0.3 is 4.74 Å². The SMILES string of the molecule is O=C(c1cc(Cl)c(Br)cc1F)C1CCCO1. The highest BCUT2D eigenvalue weighted by Gasteiger charge is 2.27. The van der Waals surface area contributed by atoms with Crippen LogP contribution in [0.4, 0.5) is 4.39 Å². The van der Waals surface area contributed by atoms with Crippen molar-refractivity contribution in [1.82, 2.24) is 0 Å². The topological polar surface area (TPSA) is 26.3 Å². The maximum Gasteiger partial charge on any atom is 0.194 e. The van der Waals surface area contributed by atoms with E-state index in [0.29, 0.717) is 22.5 Å². The van der Waals surface area contributed by atoms with Crippen LogP contribution < -0.4 is 0 Å². The molecule has 1 aliphatic heterocycles. The van der Waals surface area contributed by atoms with Crippen LogP contribution in [0, 0.1) is 5.82 Å². The summed E-state index contributed by atoms with van der Waals surface area (Å²) >= 11 is 8.93. The molecule has 1 unspecified atom stereocenters. The van der Waals surface area contributed by atoms with Crippen molar-refractivity contribution in [3.63, 3.8) is 0 Å². The molecule has 0 spiro atoms. The molecule has 0 aromatic heterocycles. The number of ether oxygens (including phenoxy) is 1. The second kappa shape index (κ2) is 4.82. The molecule has 0 saturated carbocycles. The minimum absolute atomic E-state index is 0.0000926. The van der Waals surface area contributed by atoms with E-state index in [2.05, 4.69) is 15.9 Å². The Kier molecular flexibility index (Phi) is 3.62. The molecule has 1 aromatic rings. The number of rotatable bonds is 2. The van der Waals surface area contributed by atoms with Gasteiger partial charge in [-0.25, -0.2) is 4.39 Å². The number of hydrogen-bond acceptors (Lipinski definition) is 2. The molecule has 2 nitrogen and oxygen atoms in total. The van der Waals surface area contributed by atoms with E-state index in [4.69, 9.17) is 16.3 Å². The van der Waals surface area contributed by atoms with Gasteiger partial charge in [-0.3, -0.25) is 4.79 Å². The van der Waals surface area contributed by atoms with Gasteiger partial charge in [-0.2, -0.15) is 0 Å². The molecule has 1 heterocycles. The van der Waals surface area contributed by atoms with Crippen molar-refractivity contribution in [2.45, 2.75) is 18.9 Å². The second-order valence-corrected chi connectivity index (χ2v) is 4.87. The maximum absolute atomic E-state index is 13.6. The molecule has 0 radical (unpaired) electrons. The summed E-state index contributed by atoms with van der Waals surface area (Å²) in [6, 6.07) is 2.54. The lowest BCUT2D eigenvalue weighted by Gasteiger charge is -2.09. The van der Waals surface area contributed by atoms with Gasteiger partial charge in [0, 0.05) is 11.1 Å². The molecule has 0 aliphatic carbocycles. The van der Waals surface area contributed by atoms with Crippen molar-refractivity contribution in [2.75, 3.05) is 6.61 Å². The molecule has 0 N–H and O–H groups in total. The van der Waals surface area contributed by atoms with Crippen molar-refractivity contribution in [1.29, 1.82) is 0 Å². The van der Waals surface area contributed by atoms with E-state index < -0.39 is 11.9 Å². The Bertz CT molecular complexity index is 430. The summed E-state index contributed by atoms with van der Waals surface area (Å²) in [7, 11) is 0. The third-order valence-electron chi connectivity index (χ3n) is 2.50. The molecule has 1 aromatic carbocycles. The lowest BCUT2D eigenvalue weighted by atomic mass is 10.0. The molecule has 1 atom stereocenters. The second-order valence-electron chi connectivity index (χ2n) is 3.61. The van der Waals surface area contributed by atoms with Crippen LogP contribution in [0.1, 0.15) is 23.2 Å². The molecule has 86 valence electrons. The van der Waals surface area contributed by atoms with Crippen LogP contribution >= 0.6 is 27.5 Å². The zero-order valence-corrected chi connectivity index (χ0v) is 10.6. The minimum Gasteiger partial charge on any atom is -0.370 e. The molecular formula is C11H9BrClFO2. The number of Topliss-reactive ketones (excluding diaryl/α,β-unsaturated/α-hetero) is 1. The van der Waals surface area contributed by atoms with Crippen LogP contribution in [-0.4, -0.2) is 18.5 Å². The van der Waals surface area contributed by atoms with Gasteiger partial charge in [0.1, 0.15) is 11.9 Å². The Morgan fingerprint density at radius 3 is 2.94 bits per heavy atom. The van der Waals surface area contributed by atoms with Crippen molar-refractivity contribution < 1.29 is 13.9 Å². The summed E-state index contributed by atoms with van der Waals surface area (Å²) in [5.74, 6) is -0.902. The van der Waals surface area contributed by atoms with Crippen molar-refractivity contribution >= 4 is 33.3 Å². The van der Waals surface area contributed by atoms with E-state index in [1.807, 2.05) is 0 Å². The molecule has 1 fully saturated rings. The number of hydrogen-bond donors (Lipinski definition) is 0. The smallest absolute Gasteiger partial charge is 0.194 e. The molecule has 16 heavy (non-hydrogen) atoms. The lowest BCUT2D eigenvalue weighted by molar-refractivity contribution is 0.0638. The fourth-order valence-corrected chi connectivity index (χ4v) is 2.15. The number of ketones is 1. The summed E-state index contributed by atoms with van der Waals surface area (Å²) in [4.78, 5) is 11.9. The monoisotopic (exact) mass is 306 g/mol. The van der Waals surface area contributed by atoms with Crippen LogP contribution in [0.15, 0.2) is 16.6 Å². The highest BCUT2D eigenvalue weighted by molar-refractivity contribution is 9.10. The summed E-state index contributed by atoms with van der Waals surface area (Å²) < 4.78 is 19.2. The van der Waals surface area contributed by atoms with Gasteiger partial charge in [-0.05, 0) is 40.9 Å². The number of halogens is 3. The zero-order chi connectivity index (χ0) is 11.7. The highest BCUT2D eigenvalue weighted by Crippen LogP contribution is 2.27. The first-order valence-corrected chi connectivity index (χ1v) is 6.07. The van der Waals surface area contributed by atoms with Crippen LogP contribution in [0.5, 0.6) is 0 Å². The Hall–Kier alpha value is -0.450. The van der Waals surface area contributed by atoms with Crippen molar-refractivity contribution in [2.24, 2.45) is 0 Å². The average Bonchev–Trinajstić information content (AvgIpc) is 2.75. The van der Waals surface area contributed by atoms with Crippen molar-refractivity contribution in [3.05, 3.63) is 33.0 Å². The van der Waals surface area contributed by atoms with Gasteiger partial charge in [0.25, 0.3) is 0 Å². The fourth-order valence-electron chi connectivity index (χ4n) is 1.67. The van der Waals surface area contributed by atoms with Crippen LogP contribution in [0.25, 0.3) is 0 Å². The first-order chi connectivity index (χ1) is 7.59. The van der Waals surface area contributed by atoms with Crippen molar-refractivity contribution in [3.8, 4) is 0 Å². The van der Waals surface area contributed by atoms with E-state index in [0.717, 1.165) is 6.42 Å². The third-order valence-corrected chi connectivity index (χ3v) is 3.69.